The molecule has 0 saturated carbocycles. The molecule has 2 rings (SSSR count). The second kappa shape index (κ2) is 5.07. The first kappa shape index (κ1) is 11.7. The van der Waals surface area contributed by atoms with Gasteiger partial charge in [-0.1, -0.05) is 0 Å². The van der Waals surface area contributed by atoms with Gasteiger partial charge in [-0.25, -0.2) is 0 Å². The van der Waals surface area contributed by atoms with E-state index < -0.39 is 0 Å². The third kappa shape index (κ3) is 2.89. The van der Waals surface area contributed by atoms with Crippen LogP contribution in [0.5, 0.6) is 0 Å². The van der Waals surface area contributed by atoms with Gasteiger partial charge in [-0.05, 0) is 45.4 Å². The van der Waals surface area contributed by atoms with Gasteiger partial charge in [0.2, 0.25) is 0 Å². The molecule has 3 heteroatoms. The predicted molar refractivity (Wildman–Crippen MR) is 68.6 cm³/mol. The summed E-state index contributed by atoms with van der Waals surface area (Å²) in [5, 5.41) is 3.47. The van der Waals surface area contributed by atoms with Crippen LogP contribution in [-0.4, -0.2) is 48.1 Å². The monoisotopic (exact) mass is 228 g/mol. The molecule has 1 N–H and O–H groups in total. The first-order valence-electron chi connectivity index (χ1n) is 6.24. The average Bonchev–Trinajstić information content (AvgIpc) is 2.31. The zero-order chi connectivity index (χ0) is 10.7. The number of hydrogen-bond acceptors (Lipinski definition) is 3. The Hall–Kier alpha value is 0.270. The largest absolute Gasteiger partial charge is 0.314 e. The number of nitrogens with one attached hydrogen (secondary N) is 1. The van der Waals surface area contributed by atoms with Crippen LogP contribution >= 0.6 is 11.8 Å². The maximum absolute atomic E-state index is 3.47. The summed E-state index contributed by atoms with van der Waals surface area (Å²) in [4.78, 5) is 2.73. The number of likely N-dealkylation sites (tertiary alicyclic amines) is 1. The van der Waals surface area contributed by atoms with Crippen LogP contribution in [-0.2, 0) is 0 Å². The fraction of sp³-hybridized carbons (Fsp3) is 1.00. The minimum Gasteiger partial charge on any atom is -0.314 e. The third-order valence-corrected chi connectivity index (χ3v) is 5.36. The van der Waals surface area contributed by atoms with Gasteiger partial charge in [0.05, 0.1) is 0 Å². The second-order valence-electron chi connectivity index (χ2n) is 5.22. The number of nitrogens with zero attached hydrogens (tertiary/aromatic N) is 1. The number of piperidine rings is 1. The molecular weight excluding hydrogens is 204 g/mol. The van der Waals surface area contributed by atoms with Crippen molar-refractivity contribution in [2.24, 2.45) is 0 Å². The van der Waals surface area contributed by atoms with Crippen molar-refractivity contribution < 1.29 is 0 Å². The molecule has 0 radical (unpaired) electrons. The van der Waals surface area contributed by atoms with E-state index in [0.717, 1.165) is 6.04 Å². The highest BCUT2D eigenvalue weighted by Gasteiger charge is 2.31. The molecule has 0 aromatic carbocycles. The van der Waals surface area contributed by atoms with Crippen LogP contribution in [0.25, 0.3) is 0 Å². The first-order valence-corrected chi connectivity index (χ1v) is 7.40. The summed E-state index contributed by atoms with van der Waals surface area (Å²) < 4.78 is 0. The van der Waals surface area contributed by atoms with Crippen molar-refractivity contribution in [1.82, 2.24) is 10.2 Å². The molecular formula is C12H24N2S. The van der Waals surface area contributed by atoms with Crippen molar-refractivity contribution in [1.29, 1.82) is 0 Å². The summed E-state index contributed by atoms with van der Waals surface area (Å²) >= 11 is 2.15. The molecule has 0 amide bonds. The highest BCUT2D eigenvalue weighted by Crippen LogP contribution is 2.27. The maximum atomic E-state index is 3.47. The van der Waals surface area contributed by atoms with Gasteiger partial charge in [0.25, 0.3) is 0 Å². The van der Waals surface area contributed by atoms with Crippen molar-refractivity contribution in [2.75, 3.05) is 31.6 Å². The molecule has 0 aromatic heterocycles. The van der Waals surface area contributed by atoms with Crippen LogP contribution in [0.2, 0.25) is 0 Å². The third-order valence-electron chi connectivity index (χ3n) is 4.16. The fourth-order valence-electron chi connectivity index (χ4n) is 2.64. The van der Waals surface area contributed by atoms with Crippen molar-refractivity contribution in [3.63, 3.8) is 0 Å². The normalized spacial score (nSPS) is 32.8. The van der Waals surface area contributed by atoms with E-state index in [1.165, 1.54) is 50.3 Å². The quantitative estimate of drug-likeness (QED) is 0.778. The van der Waals surface area contributed by atoms with E-state index >= 15 is 0 Å². The SMILES string of the molecule is CNC1(C)CCN(C2CCCSC2)CC1. The van der Waals surface area contributed by atoms with Crippen LogP contribution in [0.4, 0.5) is 0 Å². The average molecular weight is 228 g/mol. The molecule has 2 aliphatic heterocycles. The van der Waals surface area contributed by atoms with Crippen LogP contribution < -0.4 is 5.32 Å². The molecule has 2 saturated heterocycles. The van der Waals surface area contributed by atoms with Gasteiger partial charge >= 0.3 is 0 Å². The highest BCUT2D eigenvalue weighted by atomic mass is 32.2. The summed E-state index contributed by atoms with van der Waals surface area (Å²) in [5.41, 5.74) is 0.401. The van der Waals surface area contributed by atoms with E-state index in [1.807, 2.05) is 0 Å². The lowest BCUT2D eigenvalue weighted by molar-refractivity contribution is 0.113. The molecule has 15 heavy (non-hydrogen) atoms. The maximum Gasteiger partial charge on any atom is 0.0186 e. The molecule has 1 unspecified atom stereocenters. The molecule has 88 valence electrons. The van der Waals surface area contributed by atoms with E-state index in [-0.39, 0.29) is 0 Å². The topological polar surface area (TPSA) is 15.3 Å². The molecule has 1 atom stereocenters. The van der Waals surface area contributed by atoms with Crippen LogP contribution in [0.3, 0.4) is 0 Å². The van der Waals surface area contributed by atoms with Crippen molar-refractivity contribution in [2.45, 2.75) is 44.2 Å². The Morgan fingerprint density at radius 2 is 2.07 bits per heavy atom. The van der Waals surface area contributed by atoms with Gasteiger partial charge in [0.1, 0.15) is 0 Å². The molecule has 2 heterocycles. The van der Waals surface area contributed by atoms with E-state index in [1.54, 1.807) is 0 Å². The lowest BCUT2D eigenvalue weighted by atomic mass is 9.89. The minimum atomic E-state index is 0.401. The summed E-state index contributed by atoms with van der Waals surface area (Å²) in [6, 6.07) is 0.880. The Labute approximate surface area is 98.2 Å². The van der Waals surface area contributed by atoms with Crippen molar-refractivity contribution in [3.8, 4) is 0 Å². The van der Waals surface area contributed by atoms with Gasteiger partial charge in [-0.2, -0.15) is 11.8 Å². The van der Waals surface area contributed by atoms with Gasteiger partial charge in [0.15, 0.2) is 0 Å². The smallest absolute Gasteiger partial charge is 0.0186 e. The first-order chi connectivity index (χ1) is 7.23. The van der Waals surface area contributed by atoms with Crippen molar-refractivity contribution in [3.05, 3.63) is 0 Å². The van der Waals surface area contributed by atoms with E-state index in [0.29, 0.717) is 5.54 Å². The van der Waals surface area contributed by atoms with E-state index in [2.05, 4.69) is 35.9 Å². The predicted octanol–water partition coefficient (Wildman–Crippen LogP) is 1.96. The lowest BCUT2D eigenvalue weighted by Crippen LogP contribution is -2.53. The molecule has 0 aromatic rings. The summed E-state index contributed by atoms with van der Waals surface area (Å²) in [6.45, 7) is 4.95. The zero-order valence-electron chi connectivity index (χ0n) is 10.1. The lowest BCUT2D eigenvalue weighted by Gasteiger charge is -2.43. The minimum absolute atomic E-state index is 0.401. The van der Waals surface area contributed by atoms with Gasteiger partial charge in [-0.3, -0.25) is 4.90 Å². The summed E-state index contributed by atoms with van der Waals surface area (Å²) in [6.07, 6.45) is 5.48. The molecule has 0 bridgehead atoms. The van der Waals surface area contributed by atoms with Crippen LogP contribution in [0.15, 0.2) is 0 Å². The van der Waals surface area contributed by atoms with Gasteiger partial charge < -0.3 is 5.32 Å². The molecule has 2 aliphatic rings. The standard InChI is InChI=1S/C12H24N2S/c1-12(13-2)5-7-14(8-6-12)11-4-3-9-15-10-11/h11,13H,3-10H2,1-2H3. The second-order valence-corrected chi connectivity index (χ2v) is 6.37. The van der Waals surface area contributed by atoms with Crippen LogP contribution in [0, 0.1) is 0 Å². The van der Waals surface area contributed by atoms with E-state index in [9.17, 15) is 0 Å². The van der Waals surface area contributed by atoms with Gasteiger partial charge in [0, 0.05) is 30.4 Å². The summed E-state index contributed by atoms with van der Waals surface area (Å²) in [5.74, 6) is 2.76. The molecule has 0 spiro atoms. The van der Waals surface area contributed by atoms with Crippen LogP contribution in [0.1, 0.15) is 32.6 Å². The Bertz CT molecular complexity index is 194. The number of rotatable bonds is 2. The number of hydrogen-bond donors (Lipinski definition) is 1. The Balaban J connectivity index is 1.82. The zero-order valence-corrected chi connectivity index (χ0v) is 10.9. The summed E-state index contributed by atoms with van der Waals surface area (Å²) in [7, 11) is 2.10. The Morgan fingerprint density at radius 3 is 2.60 bits per heavy atom. The van der Waals surface area contributed by atoms with Gasteiger partial charge in [-0.15, -0.1) is 0 Å². The fourth-order valence-corrected chi connectivity index (χ4v) is 3.83. The number of thioether (sulfide) groups is 1. The highest BCUT2D eigenvalue weighted by molar-refractivity contribution is 7.99. The molecule has 2 fully saturated rings. The molecule has 0 aliphatic carbocycles. The van der Waals surface area contributed by atoms with Crippen molar-refractivity contribution >= 4 is 11.8 Å². The van der Waals surface area contributed by atoms with E-state index in [4.69, 9.17) is 0 Å². The Kier molecular flexibility index (Phi) is 3.97. The molecule has 2 nitrogen and oxygen atoms in total. The Morgan fingerprint density at radius 1 is 1.33 bits per heavy atom.